The lowest BCUT2D eigenvalue weighted by Crippen LogP contribution is -2.53. The van der Waals surface area contributed by atoms with E-state index in [2.05, 4.69) is 11.9 Å². The Balaban J connectivity index is 1.52. The molecule has 0 aliphatic carbocycles. The van der Waals surface area contributed by atoms with Gasteiger partial charge in [-0.3, -0.25) is 9.59 Å². The van der Waals surface area contributed by atoms with Crippen molar-refractivity contribution in [2.75, 3.05) is 60.1 Å². The second-order valence-electron chi connectivity index (χ2n) is 8.37. The molecular weight excluding hydrogens is 370 g/mol. The maximum atomic E-state index is 13.6. The Morgan fingerprint density at radius 2 is 1.69 bits per heavy atom. The van der Waals surface area contributed by atoms with Gasteiger partial charge < -0.3 is 24.2 Å². The zero-order chi connectivity index (χ0) is 20.4. The number of carbonyl (C=O) groups excluding carboxylic acids is 2. The summed E-state index contributed by atoms with van der Waals surface area (Å²) in [6.07, 6.45) is 2.42. The van der Waals surface area contributed by atoms with E-state index in [0.717, 1.165) is 31.6 Å². The number of carbonyl (C=O) groups is 2. The van der Waals surface area contributed by atoms with Gasteiger partial charge in [0, 0.05) is 37.8 Å². The number of fused-ring (bicyclic) bond motifs is 1. The molecule has 0 spiro atoms. The summed E-state index contributed by atoms with van der Waals surface area (Å²) in [6.45, 7) is 4.81. The highest BCUT2D eigenvalue weighted by molar-refractivity contribution is 5.94. The SMILES string of the molecule is COc1ccc(C(=O)N2CC[C@H]3N(C)CC[C@@]3(C(=O)N3CCOCC3)CC2)cc1. The van der Waals surface area contributed by atoms with Crippen LogP contribution in [0.3, 0.4) is 0 Å². The van der Waals surface area contributed by atoms with Gasteiger partial charge in [-0.1, -0.05) is 0 Å². The van der Waals surface area contributed by atoms with Crippen molar-refractivity contribution in [2.24, 2.45) is 5.41 Å². The third-order valence-electron chi connectivity index (χ3n) is 6.93. The first-order valence-corrected chi connectivity index (χ1v) is 10.6. The first-order valence-electron chi connectivity index (χ1n) is 10.6. The highest BCUT2D eigenvalue weighted by atomic mass is 16.5. The molecule has 0 bridgehead atoms. The van der Waals surface area contributed by atoms with Crippen molar-refractivity contribution in [2.45, 2.75) is 25.3 Å². The lowest BCUT2D eigenvalue weighted by Gasteiger charge is -2.39. The monoisotopic (exact) mass is 401 g/mol. The van der Waals surface area contributed by atoms with Gasteiger partial charge in [-0.25, -0.2) is 0 Å². The van der Waals surface area contributed by atoms with Crippen LogP contribution in [0.4, 0.5) is 0 Å². The van der Waals surface area contributed by atoms with E-state index < -0.39 is 0 Å². The van der Waals surface area contributed by atoms with E-state index in [-0.39, 0.29) is 23.3 Å². The zero-order valence-electron chi connectivity index (χ0n) is 17.4. The molecule has 0 unspecified atom stereocenters. The molecule has 0 aromatic heterocycles. The predicted octanol–water partition coefficient (Wildman–Crippen LogP) is 1.48. The first-order chi connectivity index (χ1) is 14.0. The molecule has 3 heterocycles. The van der Waals surface area contributed by atoms with Crippen LogP contribution in [-0.4, -0.2) is 92.7 Å². The largest absolute Gasteiger partial charge is 0.497 e. The van der Waals surface area contributed by atoms with Gasteiger partial charge in [-0.2, -0.15) is 0 Å². The number of hydrogen-bond donors (Lipinski definition) is 0. The van der Waals surface area contributed by atoms with Gasteiger partial charge in [0.2, 0.25) is 5.91 Å². The van der Waals surface area contributed by atoms with Crippen LogP contribution >= 0.6 is 0 Å². The van der Waals surface area contributed by atoms with E-state index in [1.165, 1.54) is 0 Å². The van der Waals surface area contributed by atoms with Gasteiger partial charge in [-0.05, 0) is 57.1 Å². The number of morpholine rings is 1. The fourth-order valence-electron chi connectivity index (χ4n) is 5.19. The molecule has 3 saturated heterocycles. The summed E-state index contributed by atoms with van der Waals surface area (Å²) in [7, 11) is 3.73. The third kappa shape index (κ3) is 3.73. The van der Waals surface area contributed by atoms with Crippen LogP contribution in [0.2, 0.25) is 0 Å². The number of likely N-dealkylation sites (tertiary alicyclic amines) is 2. The van der Waals surface area contributed by atoms with Crippen LogP contribution < -0.4 is 4.74 Å². The van der Waals surface area contributed by atoms with Crippen molar-refractivity contribution < 1.29 is 19.1 Å². The van der Waals surface area contributed by atoms with Crippen LogP contribution in [0, 0.1) is 5.41 Å². The standard InChI is InChI=1S/C22H31N3O4/c1-23-11-8-22(21(27)25-13-15-29-16-14-25)9-12-24(10-7-19(22)23)20(26)17-3-5-18(28-2)6-4-17/h3-6,19H,7-16H2,1-2H3/t19-,22-/m1/s1. The Bertz CT molecular complexity index is 747. The summed E-state index contributed by atoms with van der Waals surface area (Å²) in [6, 6.07) is 7.45. The Morgan fingerprint density at radius 3 is 2.38 bits per heavy atom. The Labute approximate surface area is 172 Å². The minimum absolute atomic E-state index is 0.0317. The molecule has 0 saturated carbocycles. The second kappa shape index (κ2) is 8.32. The van der Waals surface area contributed by atoms with Crippen molar-refractivity contribution in [1.29, 1.82) is 0 Å². The molecule has 3 fully saturated rings. The van der Waals surface area contributed by atoms with Crippen LogP contribution in [0.15, 0.2) is 24.3 Å². The Hall–Kier alpha value is -2.12. The van der Waals surface area contributed by atoms with Gasteiger partial charge >= 0.3 is 0 Å². The average molecular weight is 402 g/mol. The molecule has 7 nitrogen and oxygen atoms in total. The van der Waals surface area contributed by atoms with E-state index in [4.69, 9.17) is 9.47 Å². The van der Waals surface area contributed by atoms with Crippen LogP contribution in [-0.2, 0) is 9.53 Å². The van der Waals surface area contributed by atoms with E-state index in [1.54, 1.807) is 7.11 Å². The molecule has 2 amide bonds. The quantitative estimate of drug-likeness (QED) is 0.768. The highest BCUT2D eigenvalue weighted by Gasteiger charge is 2.54. The lowest BCUT2D eigenvalue weighted by atomic mass is 9.75. The molecule has 7 heteroatoms. The van der Waals surface area contributed by atoms with Crippen LogP contribution in [0.1, 0.15) is 29.6 Å². The van der Waals surface area contributed by atoms with Gasteiger partial charge in [0.1, 0.15) is 5.75 Å². The minimum atomic E-state index is -0.388. The van der Waals surface area contributed by atoms with Crippen molar-refractivity contribution in [3.05, 3.63) is 29.8 Å². The van der Waals surface area contributed by atoms with E-state index >= 15 is 0 Å². The fourth-order valence-corrected chi connectivity index (χ4v) is 5.19. The summed E-state index contributed by atoms with van der Waals surface area (Å²) in [5.74, 6) is 1.03. The Kier molecular flexibility index (Phi) is 5.79. The van der Waals surface area contributed by atoms with Crippen LogP contribution in [0.5, 0.6) is 5.75 Å². The van der Waals surface area contributed by atoms with Gasteiger partial charge in [0.25, 0.3) is 5.91 Å². The molecule has 1 aromatic carbocycles. The molecule has 0 N–H and O–H groups in total. The molecule has 3 aliphatic heterocycles. The molecule has 2 atom stereocenters. The fraction of sp³-hybridized carbons (Fsp3) is 0.636. The zero-order valence-corrected chi connectivity index (χ0v) is 17.4. The Morgan fingerprint density at radius 1 is 1.00 bits per heavy atom. The minimum Gasteiger partial charge on any atom is -0.497 e. The number of rotatable bonds is 3. The normalized spacial score (nSPS) is 28.0. The van der Waals surface area contributed by atoms with Gasteiger partial charge in [0.15, 0.2) is 0 Å². The third-order valence-corrected chi connectivity index (χ3v) is 6.93. The van der Waals surface area contributed by atoms with E-state index in [1.807, 2.05) is 34.1 Å². The topological polar surface area (TPSA) is 62.3 Å². The molecular formula is C22H31N3O4. The summed E-state index contributed by atoms with van der Waals surface area (Å²) < 4.78 is 10.6. The van der Waals surface area contributed by atoms with Gasteiger partial charge in [0.05, 0.1) is 25.7 Å². The maximum Gasteiger partial charge on any atom is 0.253 e. The lowest BCUT2D eigenvalue weighted by molar-refractivity contribution is -0.148. The summed E-state index contributed by atoms with van der Waals surface area (Å²) in [5, 5.41) is 0. The number of hydrogen-bond acceptors (Lipinski definition) is 5. The van der Waals surface area contributed by atoms with Gasteiger partial charge in [-0.15, -0.1) is 0 Å². The smallest absolute Gasteiger partial charge is 0.253 e. The summed E-state index contributed by atoms with van der Waals surface area (Å²) >= 11 is 0. The number of benzene rings is 1. The first kappa shape index (κ1) is 20.2. The number of amides is 2. The summed E-state index contributed by atoms with van der Waals surface area (Å²) in [5.41, 5.74) is 0.279. The molecule has 4 rings (SSSR count). The maximum absolute atomic E-state index is 13.6. The van der Waals surface area contributed by atoms with Crippen molar-refractivity contribution >= 4 is 11.8 Å². The van der Waals surface area contributed by atoms with E-state index in [0.29, 0.717) is 45.0 Å². The van der Waals surface area contributed by atoms with Crippen molar-refractivity contribution in [3.8, 4) is 5.75 Å². The van der Waals surface area contributed by atoms with E-state index in [9.17, 15) is 9.59 Å². The molecule has 158 valence electrons. The number of nitrogens with zero attached hydrogens (tertiary/aromatic N) is 3. The van der Waals surface area contributed by atoms with Crippen LogP contribution in [0.25, 0.3) is 0 Å². The average Bonchev–Trinajstić information content (AvgIpc) is 2.97. The number of ether oxygens (including phenoxy) is 2. The summed E-state index contributed by atoms with van der Waals surface area (Å²) in [4.78, 5) is 32.9. The molecule has 3 aliphatic rings. The predicted molar refractivity (Wildman–Crippen MR) is 109 cm³/mol. The van der Waals surface area contributed by atoms with Crippen molar-refractivity contribution in [1.82, 2.24) is 14.7 Å². The molecule has 0 radical (unpaired) electrons. The highest BCUT2D eigenvalue weighted by Crippen LogP contribution is 2.44. The number of methoxy groups -OCH3 is 1. The van der Waals surface area contributed by atoms with Crippen molar-refractivity contribution in [3.63, 3.8) is 0 Å². The molecule has 1 aromatic rings. The molecule has 29 heavy (non-hydrogen) atoms. The second-order valence-corrected chi connectivity index (χ2v) is 8.37.